The van der Waals surface area contributed by atoms with Crippen LogP contribution in [-0.4, -0.2) is 50.0 Å². The number of aryl methyl sites for hydroxylation is 1. The Labute approximate surface area is 113 Å². The number of hydrogen-bond acceptors (Lipinski definition) is 5. The van der Waals surface area contributed by atoms with Crippen LogP contribution in [0, 0.1) is 6.92 Å². The van der Waals surface area contributed by atoms with Crippen molar-refractivity contribution in [2.75, 3.05) is 38.9 Å². The number of ether oxygens (including phenoxy) is 2. The lowest BCUT2D eigenvalue weighted by atomic mass is 10.2. The number of aromatic nitrogens is 2. The molecule has 1 aromatic rings. The number of hydrogen-bond donors (Lipinski definition) is 0. The quantitative estimate of drug-likeness (QED) is 0.711. The molecular weight excluding hydrogens is 254 g/mol. The van der Waals surface area contributed by atoms with Crippen LogP contribution in [0.15, 0.2) is 6.07 Å². The molecule has 102 valence electrons. The molecule has 0 aliphatic carbocycles. The molecule has 1 aromatic heterocycles. The van der Waals surface area contributed by atoms with Gasteiger partial charge >= 0.3 is 0 Å². The van der Waals surface area contributed by atoms with Gasteiger partial charge in [-0.1, -0.05) is 0 Å². The smallest absolute Gasteiger partial charge is 0.224 e. The molecule has 1 atom stereocenters. The molecule has 0 bridgehead atoms. The molecule has 1 heterocycles. The molecule has 0 saturated carbocycles. The predicted octanol–water partition coefficient (Wildman–Crippen LogP) is 1.93. The highest BCUT2D eigenvalue weighted by atomic mass is 35.5. The normalized spacial score (nSPS) is 12.5. The van der Waals surface area contributed by atoms with Gasteiger partial charge in [-0.3, -0.25) is 0 Å². The maximum Gasteiger partial charge on any atom is 0.224 e. The van der Waals surface area contributed by atoms with E-state index in [1.165, 1.54) is 0 Å². The first kappa shape index (κ1) is 15.1. The standard InChI is InChI=1S/C12H20ClN3O2/c1-9-7-11(15-12(13)14-9)16(5-6-17-3)10(2)8-18-4/h7,10H,5-6,8H2,1-4H3. The zero-order chi connectivity index (χ0) is 13.5. The minimum Gasteiger partial charge on any atom is -0.383 e. The summed E-state index contributed by atoms with van der Waals surface area (Å²) in [6.45, 7) is 5.93. The maximum atomic E-state index is 5.90. The van der Waals surface area contributed by atoms with Gasteiger partial charge in [0, 0.05) is 32.5 Å². The fraction of sp³-hybridized carbons (Fsp3) is 0.667. The summed E-state index contributed by atoms with van der Waals surface area (Å²) >= 11 is 5.90. The molecule has 0 aromatic carbocycles. The fourth-order valence-electron chi connectivity index (χ4n) is 1.75. The Morgan fingerprint density at radius 2 is 2.06 bits per heavy atom. The third-order valence-corrected chi connectivity index (χ3v) is 2.75. The molecule has 0 radical (unpaired) electrons. The molecule has 0 amide bonds. The molecular formula is C12H20ClN3O2. The highest BCUT2D eigenvalue weighted by molar-refractivity contribution is 6.28. The van der Waals surface area contributed by atoms with Crippen molar-refractivity contribution >= 4 is 17.4 Å². The molecule has 6 heteroatoms. The lowest BCUT2D eigenvalue weighted by Gasteiger charge is -2.29. The van der Waals surface area contributed by atoms with Crippen LogP contribution >= 0.6 is 11.6 Å². The van der Waals surface area contributed by atoms with Crippen molar-refractivity contribution in [3.63, 3.8) is 0 Å². The van der Waals surface area contributed by atoms with Gasteiger partial charge in [0.15, 0.2) is 0 Å². The van der Waals surface area contributed by atoms with Gasteiger partial charge in [0.25, 0.3) is 0 Å². The first-order valence-electron chi connectivity index (χ1n) is 5.84. The van der Waals surface area contributed by atoms with E-state index >= 15 is 0 Å². The van der Waals surface area contributed by atoms with E-state index in [4.69, 9.17) is 21.1 Å². The molecule has 1 unspecified atom stereocenters. The maximum absolute atomic E-state index is 5.90. The summed E-state index contributed by atoms with van der Waals surface area (Å²) in [6, 6.07) is 2.10. The third-order valence-electron chi connectivity index (χ3n) is 2.58. The monoisotopic (exact) mass is 273 g/mol. The van der Waals surface area contributed by atoms with Crippen LogP contribution in [0.4, 0.5) is 5.82 Å². The summed E-state index contributed by atoms with van der Waals surface area (Å²) in [5.41, 5.74) is 0.844. The molecule has 1 rings (SSSR count). The second-order valence-electron chi connectivity index (χ2n) is 4.13. The molecule has 0 spiro atoms. The summed E-state index contributed by atoms with van der Waals surface area (Å²) in [5, 5.41) is 0.261. The van der Waals surface area contributed by atoms with Gasteiger partial charge < -0.3 is 14.4 Å². The molecule has 0 aliphatic heterocycles. The summed E-state index contributed by atoms with van der Waals surface area (Å²) < 4.78 is 10.3. The number of halogens is 1. The highest BCUT2D eigenvalue weighted by Crippen LogP contribution is 2.17. The van der Waals surface area contributed by atoms with Gasteiger partial charge in [0.1, 0.15) is 5.82 Å². The Kier molecular flexibility index (Phi) is 6.32. The second-order valence-corrected chi connectivity index (χ2v) is 4.47. The molecule has 18 heavy (non-hydrogen) atoms. The number of nitrogens with zero attached hydrogens (tertiary/aromatic N) is 3. The molecule has 5 nitrogen and oxygen atoms in total. The van der Waals surface area contributed by atoms with E-state index in [1.807, 2.05) is 13.0 Å². The summed E-state index contributed by atoms with van der Waals surface area (Å²) in [6.07, 6.45) is 0. The van der Waals surface area contributed by atoms with Gasteiger partial charge in [-0.05, 0) is 25.4 Å². The van der Waals surface area contributed by atoms with Crippen molar-refractivity contribution in [1.29, 1.82) is 0 Å². The average Bonchev–Trinajstić information content (AvgIpc) is 2.28. The molecule has 0 aliphatic rings. The van der Waals surface area contributed by atoms with E-state index in [2.05, 4.69) is 21.8 Å². The Hall–Kier alpha value is -0.910. The minimum absolute atomic E-state index is 0.190. The second kappa shape index (κ2) is 7.51. The van der Waals surface area contributed by atoms with Crippen LogP contribution in [0.5, 0.6) is 0 Å². The number of methoxy groups -OCH3 is 2. The molecule has 0 fully saturated rings. The van der Waals surface area contributed by atoms with Crippen molar-refractivity contribution in [2.24, 2.45) is 0 Å². The van der Waals surface area contributed by atoms with E-state index in [0.717, 1.165) is 18.1 Å². The van der Waals surface area contributed by atoms with Gasteiger partial charge in [0.05, 0.1) is 19.3 Å². The van der Waals surface area contributed by atoms with Crippen molar-refractivity contribution in [3.05, 3.63) is 17.0 Å². The Morgan fingerprint density at radius 1 is 1.33 bits per heavy atom. The van der Waals surface area contributed by atoms with Gasteiger partial charge in [0.2, 0.25) is 5.28 Å². The topological polar surface area (TPSA) is 47.5 Å². The zero-order valence-corrected chi connectivity index (χ0v) is 12.1. The van der Waals surface area contributed by atoms with E-state index < -0.39 is 0 Å². The highest BCUT2D eigenvalue weighted by Gasteiger charge is 2.16. The van der Waals surface area contributed by atoms with Crippen LogP contribution < -0.4 is 4.90 Å². The van der Waals surface area contributed by atoms with Crippen molar-refractivity contribution in [2.45, 2.75) is 19.9 Å². The lowest BCUT2D eigenvalue weighted by molar-refractivity contribution is 0.170. The average molecular weight is 274 g/mol. The van der Waals surface area contributed by atoms with E-state index in [9.17, 15) is 0 Å². The van der Waals surface area contributed by atoms with Crippen molar-refractivity contribution in [1.82, 2.24) is 9.97 Å². The van der Waals surface area contributed by atoms with E-state index in [1.54, 1.807) is 14.2 Å². The fourth-order valence-corrected chi connectivity index (χ4v) is 1.97. The third kappa shape index (κ3) is 4.40. The number of rotatable bonds is 7. The number of anilines is 1. The van der Waals surface area contributed by atoms with E-state index in [-0.39, 0.29) is 11.3 Å². The predicted molar refractivity (Wildman–Crippen MR) is 72.3 cm³/mol. The van der Waals surface area contributed by atoms with Gasteiger partial charge in [-0.2, -0.15) is 0 Å². The Balaban J connectivity index is 2.92. The Bertz CT molecular complexity index is 356. The Morgan fingerprint density at radius 3 is 2.61 bits per heavy atom. The van der Waals surface area contributed by atoms with Gasteiger partial charge in [-0.25, -0.2) is 9.97 Å². The van der Waals surface area contributed by atoms with Gasteiger partial charge in [-0.15, -0.1) is 0 Å². The summed E-state index contributed by atoms with van der Waals surface area (Å²) in [7, 11) is 3.36. The van der Waals surface area contributed by atoms with E-state index in [0.29, 0.717) is 13.2 Å². The van der Waals surface area contributed by atoms with Crippen molar-refractivity contribution in [3.8, 4) is 0 Å². The van der Waals surface area contributed by atoms with Crippen LogP contribution in [0.1, 0.15) is 12.6 Å². The lowest BCUT2D eigenvalue weighted by Crippen LogP contribution is -2.39. The first-order valence-corrected chi connectivity index (χ1v) is 6.22. The zero-order valence-electron chi connectivity index (χ0n) is 11.3. The molecule has 0 N–H and O–H groups in total. The molecule has 0 saturated heterocycles. The van der Waals surface area contributed by atoms with Crippen LogP contribution in [0.3, 0.4) is 0 Å². The minimum atomic E-state index is 0.190. The van der Waals surface area contributed by atoms with Crippen LogP contribution in [0.25, 0.3) is 0 Å². The SMILES string of the molecule is COCCN(c1cc(C)nc(Cl)n1)C(C)COC. The summed E-state index contributed by atoms with van der Waals surface area (Å²) in [5.74, 6) is 0.800. The van der Waals surface area contributed by atoms with Crippen LogP contribution in [0.2, 0.25) is 5.28 Å². The van der Waals surface area contributed by atoms with Crippen molar-refractivity contribution < 1.29 is 9.47 Å². The first-order chi connectivity index (χ1) is 8.58. The largest absolute Gasteiger partial charge is 0.383 e. The summed E-state index contributed by atoms with van der Waals surface area (Å²) in [4.78, 5) is 10.4. The van der Waals surface area contributed by atoms with Crippen LogP contribution in [-0.2, 0) is 9.47 Å².